The van der Waals surface area contributed by atoms with Gasteiger partial charge in [0.15, 0.2) is 0 Å². The van der Waals surface area contributed by atoms with Gasteiger partial charge >= 0.3 is 5.97 Å². The molecule has 5 nitrogen and oxygen atoms in total. The largest absolute Gasteiger partial charge is 0.466 e. The maximum Gasteiger partial charge on any atom is 0.306 e. The fraction of sp³-hybridized carbons (Fsp3) is 0.316. The van der Waals surface area contributed by atoms with Crippen LogP contribution in [0.1, 0.15) is 56.5 Å². The van der Waals surface area contributed by atoms with Gasteiger partial charge in [-0.25, -0.2) is 0 Å². The number of nitrogens with zero attached hydrogens (tertiary/aromatic N) is 1. The van der Waals surface area contributed by atoms with E-state index in [0.717, 1.165) is 10.5 Å². The number of hydrogen-bond donors (Lipinski definition) is 0. The first-order valence-corrected chi connectivity index (χ1v) is 18.5. The van der Waals surface area contributed by atoms with Gasteiger partial charge in [-0.1, -0.05) is 130 Å². The van der Waals surface area contributed by atoms with Crippen LogP contribution in [-0.2, 0) is 18.8 Å². The normalized spacial score (nSPS) is 21.2. The zero-order valence-corrected chi connectivity index (χ0v) is 28.3. The van der Waals surface area contributed by atoms with Gasteiger partial charge in [0, 0.05) is 28.5 Å². The van der Waals surface area contributed by atoms with Crippen molar-refractivity contribution in [2.75, 3.05) is 13.2 Å². The summed E-state index contributed by atoms with van der Waals surface area (Å²) in [6.45, 7) is 9.48. The SMILES string of the molecule is CCOC(=O)C[C@@H]1[C@@H](O[Si](c2ccccc2)(c2ccccc2)C(C)(C)C)CCN2C(=O)c3ccccc3[C@]12Sc1ccccc1. The third-order valence-corrected chi connectivity index (χ3v) is 15.9. The molecule has 6 rings (SSSR count). The standard InChI is InChI=1S/C38H41NO4SSi/c1-5-42-35(40)27-33-34(43-45(37(2,3)4,29-19-11-7-12-20-29)30-21-13-8-14-22-30)25-26-39-36(41)31-23-15-16-24-32(31)38(33,39)44-28-17-9-6-10-18-28/h6-24,33-34H,5,25-27H2,1-4H3/t33-,34+,38+/m1/s1. The molecule has 0 N–H and O–H groups in total. The maximum atomic E-state index is 14.1. The molecule has 1 fully saturated rings. The van der Waals surface area contributed by atoms with Crippen LogP contribution in [0.3, 0.4) is 0 Å². The number of amides is 1. The topological polar surface area (TPSA) is 55.8 Å². The van der Waals surface area contributed by atoms with Gasteiger partial charge in [0.2, 0.25) is 0 Å². The summed E-state index contributed by atoms with van der Waals surface area (Å²) in [5.41, 5.74) is 1.63. The van der Waals surface area contributed by atoms with E-state index >= 15 is 0 Å². The number of thioether (sulfide) groups is 1. The van der Waals surface area contributed by atoms with Crippen LogP contribution >= 0.6 is 11.8 Å². The zero-order chi connectivity index (χ0) is 31.7. The van der Waals surface area contributed by atoms with E-state index in [-0.39, 0.29) is 35.4 Å². The fourth-order valence-electron chi connectivity index (χ4n) is 7.38. The fourth-order valence-corrected chi connectivity index (χ4v) is 13.7. The van der Waals surface area contributed by atoms with Crippen LogP contribution in [0.2, 0.25) is 5.04 Å². The lowest BCUT2D eigenvalue weighted by atomic mass is 9.81. The summed E-state index contributed by atoms with van der Waals surface area (Å²) in [6, 6.07) is 39.3. The Morgan fingerprint density at radius 3 is 2.00 bits per heavy atom. The average molecular weight is 636 g/mol. The summed E-state index contributed by atoms with van der Waals surface area (Å²) in [7, 11) is -2.99. The predicted molar refractivity (Wildman–Crippen MR) is 183 cm³/mol. The van der Waals surface area contributed by atoms with Crippen LogP contribution in [0.4, 0.5) is 0 Å². The van der Waals surface area contributed by atoms with Crippen molar-refractivity contribution < 1.29 is 18.8 Å². The van der Waals surface area contributed by atoms with Crippen molar-refractivity contribution in [3.05, 3.63) is 126 Å². The first-order chi connectivity index (χ1) is 21.7. The van der Waals surface area contributed by atoms with Crippen molar-refractivity contribution in [1.29, 1.82) is 0 Å². The molecule has 7 heteroatoms. The van der Waals surface area contributed by atoms with Crippen molar-refractivity contribution in [3.8, 4) is 0 Å². The number of fused-ring (bicyclic) bond motifs is 3. The van der Waals surface area contributed by atoms with Gasteiger partial charge in [-0.2, -0.15) is 0 Å². The van der Waals surface area contributed by atoms with E-state index in [1.165, 1.54) is 10.4 Å². The van der Waals surface area contributed by atoms with E-state index in [4.69, 9.17) is 9.16 Å². The number of hydrogen-bond acceptors (Lipinski definition) is 5. The van der Waals surface area contributed by atoms with Crippen molar-refractivity contribution in [1.82, 2.24) is 4.90 Å². The molecule has 0 radical (unpaired) electrons. The number of ether oxygens (including phenoxy) is 1. The highest BCUT2D eigenvalue weighted by atomic mass is 32.2. The Morgan fingerprint density at radius 1 is 0.867 bits per heavy atom. The second-order valence-electron chi connectivity index (χ2n) is 12.8. The highest BCUT2D eigenvalue weighted by Gasteiger charge is 2.62. The molecule has 0 unspecified atom stereocenters. The Morgan fingerprint density at radius 2 is 1.42 bits per heavy atom. The molecule has 4 aromatic rings. The third-order valence-electron chi connectivity index (χ3n) is 9.23. The van der Waals surface area contributed by atoms with Gasteiger partial charge in [-0.3, -0.25) is 9.59 Å². The summed E-state index contributed by atoms with van der Waals surface area (Å²) in [5, 5.41) is 2.13. The van der Waals surface area contributed by atoms with Crippen LogP contribution in [0, 0.1) is 5.92 Å². The Bertz CT molecular complexity index is 1600. The lowest BCUT2D eigenvalue weighted by molar-refractivity contribution is -0.147. The quantitative estimate of drug-likeness (QED) is 0.146. The van der Waals surface area contributed by atoms with Crippen molar-refractivity contribution >= 4 is 42.3 Å². The second kappa shape index (κ2) is 12.6. The van der Waals surface area contributed by atoms with Gasteiger partial charge in [0.05, 0.1) is 19.1 Å². The molecule has 0 spiro atoms. The summed E-state index contributed by atoms with van der Waals surface area (Å²) in [4.78, 5) is 29.9. The number of rotatable bonds is 9. The maximum absolute atomic E-state index is 14.1. The molecule has 2 heterocycles. The molecular formula is C38H41NO4SSi. The third kappa shape index (κ3) is 5.45. The van der Waals surface area contributed by atoms with Crippen molar-refractivity contribution in [2.24, 2.45) is 5.92 Å². The first kappa shape index (κ1) is 31.3. The number of piperidine rings is 1. The number of benzene rings is 4. The van der Waals surface area contributed by atoms with Gasteiger partial charge in [0.1, 0.15) is 4.87 Å². The average Bonchev–Trinajstić information content (AvgIpc) is 3.29. The minimum Gasteiger partial charge on any atom is -0.466 e. The van der Waals surface area contributed by atoms with Crippen LogP contribution < -0.4 is 10.4 Å². The zero-order valence-electron chi connectivity index (χ0n) is 26.4. The Labute approximate surface area is 272 Å². The van der Waals surface area contributed by atoms with Gasteiger partial charge in [-0.05, 0) is 47.0 Å². The van der Waals surface area contributed by atoms with E-state index in [0.29, 0.717) is 25.1 Å². The molecule has 3 atom stereocenters. The van der Waals surface area contributed by atoms with E-state index in [9.17, 15) is 9.59 Å². The van der Waals surface area contributed by atoms with Crippen LogP contribution in [0.25, 0.3) is 0 Å². The van der Waals surface area contributed by atoms with E-state index in [1.54, 1.807) is 11.8 Å². The van der Waals surface area contributed by atoms with Gasteiger partial charge in [-0.15, -0.1) is 0 Å². The van der Waals surface area contributed by atoms with Crippen molar-refractivity contribution in [2.45, 2.75) is 61.4 Å². The predicted octanol–water partition coefficient (Wildman–Crippen LogP) is 7.01. The monoisotopic (exact) mass is 635 g/mol. The minimum absolute atomic E-state index is 0.00629. The molecular weight excluding hydrogens is 595 g/mol. The molecule has 0 aromatic heterocycles. The Balaban J connectivity index is 1.58. The Kier molecular flexibility index (Phi) is 8.79. The van der Waals surface area contributed by atoms with E-state index < -0.39 is 13.2 Å². The molecule has 0 saturated carbocycles. The summed E-state index contributed by atoms with van der Waals surface area (Å²) < 4.78 is 13.4. The van der Waals surface area contributed by atoms with Crippen LogP contribution in [-0.4, -0.2) is 44.3 Å². The number of carbonyl (C=O) groups is 2. The van der Waals surface area contributed by atoms with E-state index in [1.807, 2.05) is 60.4 Å². The number of esters is 1. The smallest absolute Gasteiger partial charge is 0.306 e. The van der Waals surface area contributed by atoms with Gasteiger partial charge in [0.25, 0.3) is 14.2 Å². The van der Waals surface area contributed by atoms with Crippen LogP contribution in [0.15, 0.2) is 120 Å². The van der Waals surface area contributed by atoms with Crippen LogP contribution in [0.5, 0.6) is 0 Å². The molecule has 1 amide bonds. The lowest BCUT2D eigenvalue weighted by Gasteiger charge is -2.54. The lowest BCUT2D eigenvalue weighted by Crippen LogP contribution is -2.70. The first-order valence-electron chi connectivity index (χ1n) is 15.8. The van der Waals surface area contributed by atoms with E-state index in [2.05, 4.69) is 87.5 Å². The molecule has 0 bridgehead atoms. The molecule has 45 heavy (non-hydrogen) atoms. The molecule has 4 aromatic carbocycles. The van der Waals surface area contributed by atoms with Gasteiger partial charge < -0.3 is 14.1 Å². The molecule has 2 aliphatic rings. The molecule has 232 valence electrons. The number of carbonyl (C=O) groups excluding carboxylic acids is 2. The Hall–Kier alpha value is -3.65. The second-order valence-corrected chi connectivity index (χ2v) is 18.4. The molecule has 1 saturated heterocycles. The minimum atomic E-state index is -2.99. The highest BCUT2D eigenvalue weighted by molar-refractivity contribution is 8.00. The molecule has 0 aliphatic carbocycles. The summed E-state index contributed by atoms with van der Waals surface area (Å²) >= 11 is 1.66. The van der Waals surface area contributed by atoms with Crippen molar-refractivity contribution in [3.63, 3.8) is 0 Å². The highest BCUT2D eigenvalue weighted by Crippen LogP contribution is 2.59. The summed E-state index contributed by atoms with van der Waals surface area (Å²) in [6.07, 6.45) is 0.423. The summed E-state index contributed by atoms with van der Waals surface area (Å²) in [5.74, 6) is -0.637. The molecule has 2 aliphatic heterocycles.